The fourth-order valence-corrected chi connectivity index (χ4v) is 10.5. The molecule has 41 heavy (non-hydrogen) atoms. The molecule has 0 amide bonds. The minimum atomic E-state index is -2.82. The fraction of sp³-hybridized carbons (Fsp3) is 0.677. The first-order valence-corrected chi connectivity index (χ1v) is 17.5. The van der Waals surface area contributed by atoms with E-state index in [1.807, 2.05) is 6.08 Å². The van der Waals surface area contributed by atoms with Crippen molar-refractivity contribution >= 4 is 35.8 Å². The van der Waals surface area contributed by atoms with E-state index in [9.17, 15) is 19.7 Å². The summed E-state index contributed by atoms with van der Waals surface area (Å²) in [5.74, 6) is 3.68. The van der Waals surface area contributed by atoms with Crippen LogP contribution in [0.15, 0.2) is 35.9 Å². The molecule has 8 nitrogen and oxygen atoms in total. The van der Waals surface area contributed by atoms with E-state index < -0.39 is 11.6 Å². The molecule has 4 aliphatic rings. The number of hydrogen-bond acceptors (Lipinski definition) is 8. The Balaban J connectivity index is 0.000000196. The van der Waals surface area contributed by atoms with Crippen LogP contribution in [0.4, 0.5) is 5.69 Å². The molecule has 226 valence electrons. The number of rotatable bonds is 8. The highest BCUT2D eigenvalue weighted by Crippen LogP contribution is 2.66. The molecule has 5 rings (SSSR count). The van der Waals surface area contributed by atoms with Crippen molar-refractivity contribution < 1.29 is 28.1 Å². The van der Waals surface area contributed by atoms with E-state index in [-0.39, 0.29) is 16.5 Å². The molecule has 3 fully saturated rings. The minimum Gasteiger partial charge on any atom is -0.424 e. The van der Waals surface area contributed by atoms with Crippen LogP contribution in [0.1, 0.15) is 86.0 Å². The van der Waals surface area contributed by atoms with Crippen LogP contribution in [-0.4, -0.2) is 29.7 Å². The lowest BCUT2D eigenvalue weighted by atomic mass is 9.47. The van der Waals surface area contributed by atoms with Crippen LogP contribution >= 0.6 is 6.72 Å². The van der Waals surface area contributed by atoms with Gasteiger partial charge in [0.15, 0.2) is 5.78 Å². The average Bonchev–Trinajstić information content (AvgIpc) is 3.27. The lowest BCUT2D eigenvalue weighted by Gasteiger charge is -2.58. The first-order valence-electron chi connectivity index (χ1n) is 14.9. The van der Waals surface area contributed by atoms with Crippen LogP contribution in [0.5, 0.6) is 5.75 Å². The Morgan fingerprint density at radius 2 is 1.68 bits per heavy atom. The molecule has 0 bridgehead atoms. The van der Waals surface area contributed by atoms with Gasteiger partial charge in [-0.05, 0) is 113 Å². The summed E-state index contributed by atoms with van der Waals surface area (Å²) >= 11 is 5.18. The maximum atomic E-state index is 12.1. The Hall–Kier alpha value is -1.93. The molecule has 3 saturated carbocycles. The molecule has 0 saturated heterocycles. The fourth-order valence-electron chi connectivity index (χ4n) is 8.39. The third-order valence-corrected chi connectivity index (χ3v) is 12.7. The van der Waals surface area contributed by atoms with Crippen molar-refractivity contribution in [2.75, 3.05) is 13.2 Å². The van der Waals surface area contributed by atoms with E-state index in [4.69, 9.17) is 25.4 Å². The quantitative estimate of drug-likeness (QED) is 0.167. The highest BCUT2D eigenvalue weighted by atomic mass is 32.5. The van der Waals surface area contributed by atoms with Gasteiger partial charge < -0.3 is 4.52 Å². The van der Waals surface area contributed by atoms with Gasteiger partial charge in [-0.25, -0.2) is 0 Å². The van der Waals surface area contributed by atoms with Gasteiger partial charge in [0, 0.05) is 36.3 Å². The molecule has 1 aromatic rings. The van der Waals surface area contributed by atoms with Gasteiger partial charge in [-0.1, -0.05) is 19.4 Å². The number of nitro groups is 1. The zero-order valence-corrected chi connectivity index (χ0v) is 26.6. The summed E-state index contributed by atoms with van der Waals surface area (Å²) in [6.45, 7) is 8.17. The van der Waals surface area contributed by atoms with Crippen LogP contribution in [0.25, 0.3) is 0 Å². The number of carbonyl (C=O) groups excluding carboxylic acids is 2. The highest BCUT2D eigenvalue weighted by molar-refractivity contribution is 8.07. The van der Waals surface area contributed by atoms with Gasteiger partial charge in [0.05, 0.1) is 18.1 Å². The molecule has 4 aliphatic carbocycles. The van der Waals surface area contributed by atoms with Crippen molar-refractivity contribution in [3.05, 3.63) is 46.0 Å². The molecule has 0 heterocycles. The average molecular weight is 606 g/mol. The predicted octanol–water partition coefficient (Wildman–Crippen LogP) is 7.99. The molecule has 0 spiro atoms. The molecular weight excluding hydrogens is 561 g/mol. The number of allylic oxidation sites excluding steroid dienone is 1. The van der Waals surface area contributed by atoms with Gasteiger partial charge in [0.1, 0.15) is 11.5 Å². The van der Waals surface area contributed by atoms with Crippen LogP contribution < -0.4 is 4.52 Å². The largest absolute Gasteiger partial charge is 0.424 e. The normalized spacial score (nSPS) is 32.4. The van der Waals surface area contributed by atoms with Crippen molar-refractivity contribution in [2.24, 2.45) is 34.5 Å². The molecule has 1 aromatic carbocycles. The number of hydrogen-bond donors (Lipinski definition) is 0. The van der Waals surface area contributed by atoms with Crippen molar-refractivity contribution in [3.8, 4) is 5.75 Å². The van der Waals surface area contributed by atoms with Gasteiger partial charge >= 0.3 is 6.72 Å². The van der Waals surface area contributed by atoms with E-state index in [2.05, 4.69) is 13.8 Å². The molecule has 0 N–H and O–H groups in total. The summed E-state index contributed by atoms with van der Waals surface area (Å²) in [6, 6.07) is 5.62. The topological polar surface area (TPSA) is 105 Å². The first kappa shape index (κ1) is 32.0. The van der Waals surface area contributed by atoms with Crippen molar-refractivity contribution in [1.29, 1.82) is 0 Å². The number of Topliss-reactive ketones (excluding diaryl/α,β-unsaturated/α-hetero) is 1. The molecule has 0 radical (unpaired) electrons. The molecule has 0 aromatic heterocycles. The maximum Gasteiger partial charge on any atom is 0.380 e. The van der Waals surface area contributed by atoms with Crippen molar-refractivity contribution in [1.82, 2.24) is 0 Å². The summed E-state index contributed by atoms with van der Waals surface area (Å²) in [6.07, 6.45) is 10.9. The molecular formula is C31H44NO7PS. The summed E-state index contributed by atoms with van der Waals surface area (Å²) in [7, 11) is 0. The highest BCUT2D eigenvalue weighted by Gasteiger charge is 2.59. The van der Waals surface area contributed by atoms with Gasteiger partial charge in [-0.15, -0.1) is 0 Å². The first-order chi connectivity index (χ1) is 19.4. The molecule has 10 heteroatoms. The Morgan fingerprint density at radius 3 is 2.27 bits per heavy atom. The third-order valence-electron chi connectivity index (χ3n) is 10.3. The van der Waals surface area contributed by atoms with Crippen LogP contribution in [0.2, 0.25) is 0 Å². The number of nitro benzene ring substituents is 1. The van der Waals surface area contributed by atoms with Crippen molar-refractivity contribution in [2.45, 2.75) is 86.0 Å². The van der Waals surface area contributed by atoms with Gasteiger partial charge in [0.25, 0.3) is 5.69 Å². The van der Waals surface area contributed by atoms with E-state index in [0.717, 1.165) is 43.4 Å². The second-order valence-electron chi connectivity index (χ2n) is 12.4. The number of benzene rings is 1. The second kappa shape index (κ2) is 12.7. The van der Waals surface area contributed by atoms with Gasteiger partial charge in [-0.2, -0.15) is 0 Å². The summed E-state index contributed by atoms with van der Waals surface area (Å²) in [4.78, 5) is 34.0. The zero-order chi connectivity index (χ0) is 30.0. The van der Waals surface area contributed by atoms with Crippen molar-refractivity contribution in [3.63, 3.8) is 0 Å². The van der Waals surface area contributed by atoms with Gasteiger partial charge in [-0.3, -0.25) is 28.8 Å². The smallest absolute Gasteiger partial charge is 0.380 e. The SMILES string of the molecule is CC(=O)[C@H]1CC[C@H]2[C@@H]3CCC4=CC(=O)CC[C@]4(C)[C@H]3CC[C@]12C.CCOP(=S)(OCC)Oc1ccc([N+](=O)[O-])cc1. The summed E-state index contributed by atoms with van der Waals surface area (Å²) in [5.41, 5.74) is 1.94. The Morgan fingerprint density at radius 1 is 1.02 bits per heavy atom. The number of ketones is 2. The lowest BCUT2D eigenvalue weighted by Crippen LogP contribution is -2.51. The Kier molecular flexibility index (Phi) is 9.94. The molecule has 0 aliphatic heterocycles. The number of nitrogens with zero attached hydrogens (tertiary/aromatic N) is 1. The van der Waals surface area contributed by atoms with E-state index in [1.165, 1.54) is 55.5 Å². The van der Waals surface area contributed by atoms with E-state index in [1.54, 1.807) is 20.8 Å². The van der Waals surface area contributed by atoms with E-state index >= 15 is 0 Å². The number of fused-ring (bicyclic) bond motifs is 5. The summed E-state index contributed by atoms with van der Waals surface area (Å²) < 4.78 is 16.1. The second-order valence-corrected chi connectivity index (χ2v) is 15.3. The van der Waals surface area contributed by atoms with Crippen LogP contribution in [-0.2, 0) is 30.4 Å². The van der Waals surface area contributed by atoms with Crippen LogP contribution in [0, 0.1) is 44.6 Å². The Labute approximate surface area is 249 Å². The lowest BCUT2D eigenvalue weighted by molar-refractivity contribution is -0.384. The maximum absolute atomic E-state index is 12.1. The molecule has 0 unspecified atom stereocenters. The molecule has 6 atom stereocenters. The number of carbonyl (C=O) groups is 2. The number of non-ortho nitro benzene ring substituents is 1. The third kappa shape index (κ3) is 6.53. The van der Waals surface area contributed by atoms with E-state index in [0.29, 0.717) is 36.4 Å². The predicted molar refractivity (Wildman–Crippen MR) is 162 cm³/mol. The zero-order valence-electron chi connectivity index (χ0n) is 24.9. The Bertz CT molecular complexity index is 1220. The monoisotopic (exact) mass is 605 g/mol. The standard InChI is InChI=1S/C21H30O2.C10H14NO5PS/c1-13(22)17-6-7-18-16-5-4-14-12-15(23)8-10-20(14,2)19(16)9-11-21(17,18)3;1-3-14-17(18,15-4-2)16-10-7-5-9(6-8-10)11(12)13/h12,16-19H,4-11H2,1-3H3;5-8H,3-4H2,1-2H3/t16-,17+,18-,19-,20-,21+;/m0./s1. The van der Waals surface area contributed by atoms with Gasteiger partial charge in [0.2, 0.25) is 0 Å². The van der Waals surface area contributed by atoms with Crippen LogP contribution in [0.3, 0.4) is 0 Å². The minimum absolute atomic E-state index is 0.0107. The summed E-state index contributed by atoms with van der Waals surface area (Å²) in [5, 5.41) is 10.5.